The Balaban J connectivity index is 1.65. The summed E-state index contributed by atoms with van der Waals surface area (Å²) in [5.41, 5.74) is 2.03. The molecule has 1 fully saturated rings. The monoisotopic (exact) mass is 260 g/mol. The Morgan fingerprint density at radius 2 is 2.00 bits per heavy atom. The normalized spacial score (nSPS) is 18.2. The van der Waals surface area contributed by atoms with Gasteiger partial charge in [0.25, 0.3) is 5.56 Å². The van der Waals surface area contributed by atoms with Crippen molar-refractivity contribution in [2.75, 3.05) is 39.8 Å². The molecule has 2 aromatic heterocycles. The minimum absolute atomic E-state index is 0.0274. The van der Waals surface area contributed by atoms with E-state index in [9.17, 15) is 4.79 Å². The van der Waals surface area contributed by atoms with Crippen molar-refractivity contribution in [3.8, 4) is 0 Å². The molecule has 3 heterocycles. The number of hydrogen-bond donors (Lipinski definition) is 1. The summed E-state index contributed by atoms with van der Waals surface area (Å²) in [7, 11) is 2.17. The molecule has 19 heavy (non-hydrogen) atoms. The van der Waals surface area contributed by atoms with Gasteiger partial charge in [0.1, 0.15) is 5.65 Å². The van der Waals surface area contributed by atoms with Crippen LogP contribution in [0.1, 0.15) is 5.69 Å². The molecule has 0 spiro atoms. The summed E-state index contributed by atoms with van der Waals surface area (Å²) in [5, 5.41) is 0. The van der Waals surface area contributed by atoms with Crippen molar-refractivity contribution in [1.82, 2.24) is 19.2 Å². The number of hydrogen-bond acceptors (Lipinski definition) is 3. The number of nitrogens with zero attached hydrogens (tertiary/aromatic N) is 3. The van der Waals surface area contributed by atoms with E-state index in [0.717, 1.165) is 50.5 Å². The Bertz CT molecular complexity index is 607. The van der Waals surface area contributed by atoms with E-state index in [0.29, 0.717) is 0 Å². The van der Waals surface area contributed by atoms with Crippen molar-refractivity contribution >= 4 is 5.65 Å². The molecule has 0 radical (unpaired) electrons. The van der Waals surface area contributed by atoms with Crippen LogP contribution in [0, 0.1) is 0 Å². The van der Waals surface area contributed by atoms with E-state index in [1.54, 1.807) is 16.5 Å². The van der Waals surface area contributed by atoms with Gasteiger partial charge in [-0.15, -0.1) is 0 Å². The van der Waals surface area contributed by atoms with Crippen LogP contribution in [0.3, 0.4) is 0 Å². The van der Waals surface area contributed by atoms with Crippen LogP contribution in [0.4, 0.5) is 0 Å². The van der Waals surface area contributed by atoms with Gasteiger partial charge in [-0.05, 0) is 13.1 Å². The highest BCUT2D eigenvalue weighted by Gasteiger charge is 2.13. The largest absolute Gasteiger partial charge is 0.343 e. The minimum atomic E-state index is 0.0274. The summed E-state index contributed by atoms with van der Waals surface area (Å²) in [6, 6.07) is 5.31. The number of imidazole rings is 1. The van der Waals surface area contributed by atoms with Gasteiger partial charge in [0.2, 0.25) is 0 Å². The SMILES string of the molecule is CN1CCN(CCc2cn3c(=O)cccc3[nH]2)CC1. The first-order valence-corrected chi connectivity index (χ1v) is 6.82. The second kappa shape index (κ2) is 5.19. The molecule has 3 rings (SSSR count). The van der Waals surface area contributed by atoms with E-state index in [1.165, 1.54) is 0 Å². The van der Waals surface area contributed by atoms with E-state index in [1.807, 2.05) is 12.3 Å². The first-order valence-electron chi connectivity index (χ1n) is 6.82. The summed E-state index contributed by atoms with van der Waals surface area (Å²) < 4.78 is 1.68. The van der Waals surface area contributed by atoms with Gasteiger partial charge in [-0.1, -0.05) is 6.07 Å². The number of fused-ring (bicyclic) bond motifs is 1. The first-order chi connectivity index (χ1) is 9.22. The van der Waals surface area contributed by atoms with E-state index in [-0.39, 0.29) is 5.56 Å². The molecule has 1 aliphatic heterocycles. The predicted octanol–water partition coefficient (Wildman–Crippen LogP) is 0.418. The number of pyridine rings is 1. The van der Waals surface area contributed by atoms with Crippen LogP contribution in [0.2, 0.25) is 0 Å². The van der Waals surface area contributed by atoms with Crippen molar-refractivity contribution in [2.45, 2.75) is 6.42 Å². The molecule has 0 unspecified atom stereocenters. The first kappa shape index (κ1) is 12.4. The standard InChI is InChI=1S/C14H20N4O/c1-16-7-9-17(10-8-16)6-5-12-11-18-13(15-12)3-2-4-14(18)19/h2-4,11,15H,5-10H2,1H3. The third kappa shape index (κ3) is 2.72. The number of likely N-dealkylation sites (N-methyl/N-ethyl adjacent to an activating group) is 1. The summed E-state index contributed by atoms with van der Waals surface area (Å²) in [6.45, 7) is 5.61. The van der Waals surface area contributed by atoms with Gasteiger partial charge < -0.3 is 14.8 Å². The summed E-state index contributed by atoms with van der Waals surface area (Å²) in [4.78, 5) is 19.8. The van der Waals surface area contributed by atoms with Crippen molar-refractivity contribution in [2.24, 2.45) is 0 Å². The molecule has 1 saturated heterocycles. The lowest BCUT2D eigenvalue weighted by Gasteiger charge is -2.32. The lowest BCUT2D eigenvalue weighted by atomic mass is 10.2. The zero-order valence-electron chi connectivity index (χ0n) is 11.3. The maximum atomic E-state index is 11.7. The van der Waals surface area contributed by atoms with E-state index < -0.39 is 0 Å². The molecule has 0 saturated carbocycles. The Kier molecular flexibility index (Phi) is 3.40. The molecule has 0 aromatic carbocycles. The van der Waals surface area contributed by atoms with Gasteiger partial charge in [-0.25, -0.2) is 0 Å². The van der Waals surface area contributed by atoms with Crippen LogP contribution >= 0.6 is 0 Å². The Morgan fingerprint density at radius 1 is 1.21 bits per heavy atom. The van der Waals surface area contributed by atoms with Gasteiger partial charge in [0.05, 0.1) is 0 Å². The molecule has 1 N–H and O–H groups in total. The second-order valence-corrected chi connectivity index (χ2v) is 5.29. The highest BCUT2D eigenvalue weighted by atomic mass is 16.1. The van der Waals surface area contributed by atoms with Crippen LogP contribution in [0.15, 0.2) is 29.2 Å². The zero-order valence-corrected chi connectivity index (χ0v) is 11.3. The molecule has 0 aliphatic carbocycles. The highest BCUT2D eigenvalue weighted by Crippen LogP contribution is 2.05. The molecule has 0 bridgehead atoms. The smallest absolute Gasteiger partial charge is 0.256 e. The molecule has 5 heteroatoms. The lowest BCUT2D eigenvalue weighted by molar-refractivity contribution is 0.155. The Morgan fingerprint density at radius 3 is 2.74 bits per heavy atom. The summed E-state index contributed by atoms with van der Waals surface area (Å²) in [6.07, 6.45) is 2.89. The summed E-state index contributed by atoms with van der Waals surface area (Å²) >= 11 is 0. The van der Waals surface area contributed by atoms with Crippen LogP contribution in [-0.2, 0) is 6.42 Å². The van der Waals surface area contributed by atoms with Gasteiger partial charge in [-0.3, -0.25) is 9.20 Å². The molecule has 5 nitrogen and oxygen atoms in total. The molecule has 2 aromatic rings. The molecular formula is C14H20N4O. The number of nitrogens with one attached hydrogen (secondary N) is 1. The Hall–Kier alpha value is -1.59. The van der Waals surface area contributed by atoms with Gasteiger partial charge in [0.15, 0.2) is 0 Å². The number of aromatic amines is 1. The molecular weight excluding hydrogens is 240 g/mol. The lowest BCUT2D eigenvalue weighted by Crippen LogP contribution is -2.45. The quantitative estimate of drug-likeness (QED) is 0.870. The molecule has 1 aliphatic rings. The maximum absolute atomic E-state index is 11.7. The fraction of sp³-hybridized carbons (Fsp3) is 0.500. The molecule has 0 amide bonds. The molecule has 102 valence electrons. The van der Waals surface area contributed by atoms with Crippen molar-refractivity contribution in [3.05, 3.63) is 40.4 Å². The average molecular weight is 260 g/mol. The van der Waals surface area contributed by atoms with E-state index in [2.05, 4.69) is 21.8 Å². The minimum Gasteiger partial charge on any atom is -0.343 e. The van der Waals surface area contributed by atoms with Crippen molar-refractivity contribution in [1.29, 1.82) is 0 Å². The average Bonchev–Trinajstić information content (AvgIpc) is 2.83. The van der Waals surface area contributed by atoms with Crippen molar-refractivity contribution < 1.29 is 0 Å². The van der Waals surface area contributed by atoms with Crippen LogP contribution in [0.5, 0.6) is 0 Å². The van der Waals surface area contributed by atoms with Crippen LogP contribution in [-0.4, -0.2) is 59.0 Å². The fourth-order valence-electron chi connectivity index (χ4n) is 2.57. The van der Waals surface area contributed by atoms with Gasteiger partial charge >= 0.3 is 0 Å². The highest BCUT2D eigenvalue weighted by molar-refractivity contribution is 5.39. The summed E-state index contributed by atoms with van der Waals surface area (Å²) in [5.74, 6) is 0. The molecule has 0 atom stereocenters. The third-order valence-corrected chi connectivity index (χ3v) is 3.86. The maximum Gasteiger partial charge on any atom is 0.256 e. The number of rotatable bonds is 3. The number of aromatic nitrogens is 2. The van der Waals surface area contributed by atoms with Gasteiger partial charge in [0, 0.05) is 57.1 Å². The van der Waals surface area contributed by atoms with Crippen LogP contribution < -0.4 is 5.56 Å². The van der Waals surface area contributed by atoms with Crippen molar-refractivity contribution in [3.63, 3.8) is 0 Å². The Labute approximate surface area is 112 Å². The van der Waals surface area contributed by atoms with Gasteiger partial charge in [-0.2, -0.15) is 0 Å². The fourth-order valence-corrected chi connectivity index (χ4v) is 2.57. The zero-order chi connectivity index (χ0) is 13.2. The van der Waals surface area contributed by atoms with E-state index in [4.69, 9.17) is 0 Å². The second-order valence-electron chi connectivity index (χ2n) is 5.29. The number of H-pyrrole nitrogens is 1. The number of piperazine rings is 1. The van der Waals surface area contributed by atoms with Crippen LogP contribution in [0.25, 0.3) is 5.65 Å². The predicted molar refractivity (Wildman–Crippen MR) is 75.7 cm³/mol. The third-order valence-electron chi connectivity index (χ3n) is 3.86. The van der Waals surface area contributed by atoms with E-state index >= 15 is 0 Å². The topological polar surface area (TPSA) is 43.8 Å².